The van der Waals surface area contributed by atoms with Crippen LogP contribution in [0.2, 0.25) is 0 Å². The van der Waals surface area contributed by atoms with E-state index in [-0.39, 0.29) is 5.82 Å². The second kappa shape index (κ2) is 8.31. The van der Waals surface area contributed by atoms with Crippen LogP contribution in [0.3, 0.4) is 0 Å². The lowest BCUT2D eigenvalue weighted by atomic mass is 9.94. The Morgan fingerprint density at radius 1 is 1.15 bits per heavy atom. The van der Waals surface area contributed by atoms with Crippen molar-refractivity contribution in [2.45, 2.75) is 18.8 Å². The minimum Gasteiger partial charge on any atom is -0.492 e. The minimum atomic E-state index is -0.244. The molecule has 2 aromatic heterocycles. The predicted molar refractivity (Wildman–Crippen MR) is 102 cm³/mol. The molecule has 1 saturated heterocycles. The molecular weight excluding hydrogens is 343 g/mol. The zero-order chi connectivity index (χ0) is 18.5. The van der Waals surface area contributed by atoms with E-state index >= 15 is 0 Å². The summed E-state index contributed by atoms with van der Waals surface area (Å²) < 4.78 is 20.6. The number of piperidine rings is 1. The quantitative estimate of drug-likeness (QED) is 0.668. The van der Waals surface area contributed by atoms with Crippen LogP contribution in [0.5, 0.6) is 5.75 Å². The van der Waals surface area contributed by atoms with Gasteiger partial charge >= 0.3 is 0 Å². The Morgan fingerprint density at radius 3 is 2.85 bits per heavy atom. The summed E-state index contributed by atoms with van der Waals surface area (Å²) in [6.45, 7) is 3.51. The largest absolute Gasteiger partial charge is 0.492 e. The average molecular weight is 366 g/mol. The van der Waals surface area contributed by atoms with Crippen molar-refractivity contribution in [2.24, 2.45) is 0 Å². The summed E-state index contributed by atoms with van der Waals surface area (Å²) in [5.74, 6) is 1.79. The Kier molecular flexibility index (Phi) is 5.44. The van der Waals surface area contributed by atoms with Crippen molar-refractivity contribution in [3.63, 3.8) is 0 Å². The van der Waals surface area contributed by atoms with E-state index in [1.807, 2.05) is 16.8 Å². The zero-order valence-electron chi connectivity index (χ0n) is 15.2. The van der Waals surface area contributed by atoms with E-state index in [0.29, 0.717) is 18.3 Å². The van der Waals surface area contributed by atoms with Crippen molar-refractivity contribution in [1.82, 2.24) is 19.4 Å². The molecule has 5 nitrogen and oxygen atoms in total. The second-order valence-electron chi connectivity index (χ2n) is 6.83. The molecule has 1 fully saturated rings. The summed E-state index contributed by atoms with van der Waals surface area (Å²) in [7, 11) is 0. The molecule has 0 bridgehead atoms. The lowest BCUT2D eigenvalue weighted by Gasteiger charge is -2.32. The molecule has 3 aromatic rings. The van der Waals surface area contributed by atoms with E-state index in [4.69, 9.17) is 9.72 Å². The number of likely N-dealkylation sites (tertiary alicyclic amines) is 1. The van der Waals surface area contributed by atoms with Crippen LogP contribution in [0.4, 0.5) is 4.39 Å². The second-order valence-corrected chi connectivity index (χ2v) is 6.83. The summed E-state index contributed by atoms with van der Waals surface area (Å²) in [6.07, 6.45) is 7.74. The topological polar surface area (TPSA) is 43.2 Å². The lowest BCUT2D eigenvalue weighted by molar-refractivity contribution is 0.169. The van der Waals surface area contributed by atoms with Crippen molar-refractivity contribution in [3.8, 4) is 11.6 Å². The lowest BCUT2D eigenvalue weighted by Crippen LogP contribution is -2.37. The van der Waals surface area contributed by atoms with Crippen molar-refractivity contribution in [2.75, 3.05) is 26.2 Å². The maximum absolute atomic E-state index is 12.9. The molecule has 27 heavy (non-hydrogen) atoms. The molecule has 1 aliphatic rings. The van der Waals surface area contributed by atoms with Crippen molar-refractivity contribution in [3.05, 3.63) is 72.7 Å². The van der Waals surface area contributed by atoms with Gasteiger partial charge in [0.15, 0.2) is 0 Å². The number of rotatable bonds is 6. The molecule has 0 unspecified atom stereocenters. The number of halogens is 1. The third-order valence-corrected chi connectivity index (χ3v) is 4.94. The Balaban J connectivity index is 1.34. The van der Waals surface area contributed by atoms with Gasteiger partial charge in [-0.05, 0) is 55.8 Å². The molecule has 1 atom stereocenters. The van der Waals surface area contributed by atoms with Gasteiger partial charge in [-0.25, -0.2) is 14.4 Å². The maximum atomic E-state index is 12.9. The van der Waals surface area contributed by atoms with Gasteiger partial charge in [-0.2, -0.15) is 0 Å². The Bertz CT molecular complexity index is 851. The highest BCUT2D eigenvalue weighted by atomic mass is 19.1. The van der Waals surface area contributed by atoms with Crippen molar-refractivity contribution in [1.29, 1.82) is 0 Å². The van der Waals surface area contributed by atoms with Gasteiger partial charge in [0.05, 0.1) is 0 Å². The summed E-state index contributed by atoms with van der Waals surface area (Å²) in [6, 6.07) is 12.4. The first-order valence-electron chi connectivity index (χ1n) is 9.34. The highest BCUT2D eigenvalue weighted by Crippen LogP contribution is 2.26. The third-order valence-electron chi connectivity index (χ3n) is 4.94. The van der Waals surface area contributed by atoms with Gasteiger partial charge in [0.2, 0.25) is 0 Å². The Hall–Kier alpha value is -2.73. The highest BCUT2D eigenvalue weighted by molar-refractivity contribution is 5.26. The van der Waals surface area contributed by atoms with Crippen LogP contribution in [0, 0.1) is 5.82 Å². The van der Waals surface area contributed by atoms with E-state index in [2.05, 4.69) is 22.0 Å². The normalized spacial score (nSPS) is 17.7. The van der Waals surface area contributed by atoms with Crippen LogP contribution >= 0.6 is 0 Å². The molecule has 6 heteroatoms. The Morgan fingerprint density at radius 2 is 2.04 bits per heavy atom. The summed E-state index contributed by atoms with van der Waals surface area (Å²) in [5, 5.41) is 0. The van der Waals surface area contributed by atoms with E-state index in [1.54, 1.807) is 24.7 Å². The van der Waals surface area contributed by atoms with Gasteiger partial charge in [0, 0.05) is 37.1 Å². The first kappa shape index (κ1) is 17.7. The molecule has 0 N–H and O–H groups in total. The van der Waals surface area contributed by atoms with E-state index in [1.165, 1.54) is 12.1 Å². The van der Waals surface area contributed by atoms with Crippen LogP contribution < -0.4 is 4.74 Å². The number of ether oxygens (including phenoxy) is 1. The van der Waals surface area contributed by atoms with Gasteiger partial charge in [0.1, 0.15) is 30.3 Å². The minimum absolute atomic E-state index is 0.244. The molecule has 1 aromatic carbocycles. The number of hydrogen-bond acceptors (Lipinski definition) is 4. The molecule has 3 heterocycles. The highest BCUT2D eigenvalue weighted by Gasteiger charge is 2.22. The number of aromatic nitrogens is 3. The maximum Gasteiger partial charge on any atom is 0.138 e. The number of pyridine rings is 1. The summed E-state index contributed by atoms with van der Waals surface area (Å²) >= 11 is 0. The Labute approximate surface area is 158 Å². The standard InChI is InChI=1S/C21H23FN4O/c22-18-6-8-19(9-7-18)27-14-13-25-11-2-3-17(15-25)20-4-1-5-21(24-20)26-12-10-23-16-26/h1,4-10,12,16-17H,2-3,11,13-15H2/t17-/m1/s1. The first-order valence-corrected chi connectivity index (χ1v) is 9.34. The fourth-order valence-electron chi connectivity index (χ4n) is 3.53. The first-order chi connectivity index (χ1) is 13.3. The van der Waals surface area contributed by atoms with Gasteiger partial charge in [0.25, 0.3) is 0 Å². The molecule has 140 valence electrons. The van der Waals surface area contributed by atoms with Crippen molar-refractivity contribution >= 4 is 0 Å². The number of imidazole rings is 1. The van der Waals surface area contributed by atoms with Crippen LogP contribution in [0.25, 0.3) is 5.82 Å². The molecule has 0 spiro atoms. The predicted octanol–water partition coefficient (Wildman–Crippen LogP) is 3.66. The van der Waals surface area contributed by atoms with Gasteiger partial charge in [-0.3, -0.25) is 9.47 Å². The number of hydrogen-bond donors (Lipinski definition) is 0. The summed E-state index contributed by atoms with van der Waals surface area (Å²) in [4.78, 5) is 11.4. The van der Waals surface area contributed by atoms with Crippen LogP contribution in [-0.4, -0.2) is 45.7 Å². The van der Waals surface area contributed by atoms with Crippen LogP contribution in [0.1, 0.15) is 24.5 Å². The van der Waals surface area contributed by atoms with E-state index < -0.39 is 0 Å². The molecule has 4 rings (SSSR count). The molecule has 1 aliphatic heterocycles. The third kappa shape index (κ3) is 4.52. The fraction of sp³-hybridized carbons (Fsp3) is 0.333. The van der Waals surface area contributed by atoms with Gasteiger partial charge in [-0.15, -0.1) is 0 Å². The van der Waals surface area contributed by atoms with E-state index in [0.717, 1.165) is 44.0 Å². The van der Waals surface area contributed by atoms with Crippen molar-refractivity contribution < 1.29 is 9.13 Å². The number of nitrogens with zero attached hydrogens (tertiary/aromatic N) is 4. The molecule has 0 amide bonds. The van der Waals surface area contributed by atoms with Gasteiger partial charge in [-0.1, -0.05) is 6.07 Å². The van der Waals surface area contributed by atoms with Crippen LogP contribution in [-0.2, 0) is 0 Å². The smallest absolute Gasteiger partial charge is 0.138 e. The SMILES string of the molecule is Fc1ccc(OCCN2CCC[C@@H](c3cccc(-n4ccnc4)n3)C2)cc1. The van der Waals surface area contributed by atoms with Crippen LogP contribution in [0.15, 0.2) is 61.2 Å². The molecule has 0 saturated carbocycles. The van der Waals surface area contributed by atoms with Gasteiger partial charge < -0.3 is 4.74 Å². The number of benzene rings is 1. The monoisotopic (exact) mass is 366 g/mol. The summed E-state index contributed by atoms with van der Waals surface area (Å²) in [5.41, 5.74) is 1.13. The zero-order valence-corrected chi connectivity index (χ0v) is 15.2. The molecule has 0 aliphatic carbocycles. The van der Waals surface area contributed by atoms with E-state index in [9.17, 15) is 4.39 Å². The molecular formula is C21H23FN4O. The molecule has 0 radical (unpaired) electrons. The average Bonchev–Trinajstić information content (AvgIpc) is 3.25. The fourth-order valence-corrected chi connectivity index (χ4v) is 3.53.